The van der Waals surface area contributed by atoms with E-state index in [1.54, 1.807) is 29.1 Å². The predicted molar refractivity (Wildman–Crippen MR) is 113 cm³/mol. The van der Waals surface area contributed by atoms with E-state index in [0.717, 1.165) is 22.9 Å². The van der Waals surface area contributed by atoms with Crippen molar-refractivity contribution >= 4 is 16.9 Å². The number of ether oxygens (including phenoxy) is 1. The molecule has 0 unspecified atom stereocenters. The van der Waals surface area contributed by atoms with Crippen molar-refractivity contribution in [3.05, 3.63) is 48.2 Å². The fourth-order valence-corrected chi connectivity index (χ4v) is 3.21. The number of carbonyl (C=O) groups excluding carboxylic acids is 1. The van der Waals surface area contributed by atoms with Gasteiger partial charge in [0.1, 0.15) is 11.8 Å². The van der Waals surface area contributed by atoms with Crippen molar-refractivity contribution in [2.45, 2.75) is 39.3 Å². The third-order valence-electron chi connectivity index (χ3n) is 5.10. The maximum absolute atomic E-state index is 10.7. The molecular weight excluding hydrogens is 433 g/mol. The maximum Gasteiger partial charge on any atom is 1.00 e. The second-order valence-electron chi connectivity index (χ2n) is 7.35. The van der Waals surface area contributed by atoms with Crippen LogP contribution in [0.3, 0.4) is 0 Å². The summed E-state index contributed by atoms with van der Waals surface area (Å²) in [7, 11) is 0. The summed E-state index contributed by atoms with van der Waals surface area (Å²) in [6, 6.07) is 12.8. The number of rotatable bonds is 8. The Morgan fingerprint density at radius 3 is 2.79 bits per heavy atom. The predicted octanol–water partition coefficient (Wildman–Crippen LogP) is -0.0537. The fraction of sp³-hybridized carbons (Fsp3) is 0.261. The van der Waals surface area contributed by atoms with Crippen molar-refractivity contribution in [1.29, 1.82) is 5.26 Å². The van der Waals surface area contributed by atoms with Crippen molar-refractivity contribution in [2.24, 2.45) is 0 Å². The second kappa shape index (κ2) is 10.6. The van der Waals surface area contributed by atoms with Crippen LogP contribution in [-0.2, 0) is 11.3 Å². The number of aryl methyl sites for hydroxylation is 1. The van der Waals surface area contributed by atoms with E-state index in [1.807, 2.05) is 32.0 Å². The monoisotopic (exact) mass is 453 g/mol. The number of fused-ring (bicyclic) bond motifs is 1. The van der Waals surface area contributed by atoms with Crippen molar-refractivity contribution in [3.8, 4) is 34.7 Å². The maximum atomic E-state index is 10.7. The molecule has 9 nitrogen and oxygen atoms in total. The number of hydrogen-bond donors (Lipinski definition) is 0. The Kier molecular flexibility index (Phi) is 7.87. The minimum atomic E-state index is -1.12. The summed E-state index contributed by atoms with van der Waals surface area (Å²) in [5.74, 6) is 0.0780. The van der Waals surface area contributed by atoms with Gasteiger partial charge < -0.3 is 19.2 Å². The summed E-state index contributed by atoms with van der Waals surface area (Å²) < 4.78 is 12.8. The SMILES string of the molecule is CC[C@@H](C)Oc1ccc(-c2nc(-c3ccc4c(cnn4CCC(=O)[O-])c3)no2)cc1C#N.[Na+]. The van der Waals surface area contributed by atoms with Crippen molar-refractivity contribution in [3.63, 3.8) is 0 Å². The van der Waals surface area contributed by atoms with Gasteiger partial charge in [-0.05, 0) is 49.7 Å². The molecular formula is C23H20N5NaO4. The molecule has 0 N–H and O–H groups in total. The molecule has 0 aliphatic carbocycles. The minimum absolute atomic E-state index is 0. The minimum Gasteiger partial charge on any atom is -0.550 e. The van der Waals surface area contributed by atoms with E-state index < -0.39 is 5.97 Å². The van der Waals surface area contributed by atoms with Crippen LogP contribution in [-0.4, -0.2) is 32.0 Å². The summed E-state index contributed by atoms with van der Waals surface area (Å²) >= 11 is 0. The van der Waals surface area contributed by atoms with Crippen LogP contribution in [0.2, 0.25) is 0 Å². The van der Waals surface area contributed by atoms with Crippen LogP contribution in [0.5, 0.6) is 5.75 Å². The second-order valence-corrected chi connectivity index (χ2v) is 7.35. The molecule has 0 radical (unpaired) electrons. The first kappa shape index (κ1) is 24.5. The van der Waals surface area contributed by atoms with E-state index in [-0.39, 0.29) is 54.5 Å². The molecule has 4 rings (SSSR count). The first-order chi connectivity index (χ1) is 15.5. The van der Waals surface area contributed by atoms with E-state index in [1.165, 1.54) is 0 Å². The third kappa shape index (κ3) is 5.42. The van der Waals surface area contributed by atoms with Crippen LogP contribution < -0.4 is 39.4 Å². The third-order valence-corrected chi connectivity index (χ3v) is 5.10. The van der Waals surface area contributed by atoms with E-state index >= 15 is 0 Å². The average molecular weight is 453 g/mol. The molecule has 0 amide bonds. The molecule has 0 spiro atoms. The van der Waals surface area contributed by atoms with Crippen LogP contribution in [0.1, 0.15) is 32.3 Å². The van der Waals surface area contributed by atoms with Gasteiger partial charge >= 0.3 is 29.6 Å². The Labute approximate surface area is 212 Å². The largest absolute Gasteiger partial charge is 1.00 e. The molecule has 33 heavy (non-hydrogen) atoms. The van der Waals surface area contributed by atoms with Crippen LogP contribution in [0.4, 0.5) is 0 Å². The zero-order valence-corrected chi connectivity index (χ0v) is 20.6. The molecule has 162 valence electrons. The van der Waals surface area contributed by atoms with Gasteiger partial charge in [-0.3, -0.25) is 4.68 Å². The van der Waals surface area contributed by atoms with Crippen LogP contribution in [0, 0.1) is 11.3 Å². The number of aromatic nitrogens is 4. The van der Waals surface area contributed by atoms with Crippen molar-refractivity contribution in [1.82, 2.24) is 19.9 Å². The first-order valence-corrected chi connectivity index (χ1v) is 10.2. The molecule has 2 aromatic carbocycles. The zero-order chi connectivity index (χ0) is 22.7. The van der Waals surface area contributed by atoms with Crippen molar-refractivity contribution < 1.29 is 48.7 Å². The number of carboxylic acid groups (broad SMARTS) is 1. The molecule has 0 bridgehead atoms. The number of hydrogen-bond acceptors (Lipinski definition) is 8. The summed E-state index contributed by atoms with van der Waals surface area (Å²) in [5, 5.41) is 29.3. The summed E-state index contributed by atoms with van der Waals surface area (Å²) in [6.45, 7) is 4.19. The van der Waals surface area contributed by atoms with Gasteiger partial charge in [0.15, 0.2) is 0 Å². The Bertz CT molecular complexity index is 1320. The molecule has 0 aliphatic rings. The quantitative estimate of drug-likeness (QED) is 0.340. The number of aliphatic carboxylic acids is 1. The Morgan fingerprint density at radius 1 is 1.27 bits per heavy atom. The standard InChI is InChI=1S/C23H21N5O4.Na/c1-3-14(2)31-20-7-5-16(11-17(20)12-24)23-26-22(27-32-23)15-4-6-19-18(10-15)13-25-28(19)9-8-21(29)30;/h4-7,10-11,13-14H,3,8-9H2,1-2H3,(H,29,30);/q;+1/p-1/t14-;/m1./s1. The van der Waals surface area contributed by atoms with Gasteiger partial charge in [0.25, 0.3) is 5.89 Å². The van der Waals surface area contributed by atoms with E-state index in [0.29, 0.717) is 22.7 Å². The average Bonchev–Trinajstić information content (AvgIpc) is 3.45. The van der Waals surface area contributed by atoms with E-state index in [2.05, 4.69) is 21.3 Å². The van der Waals surface area contributed by atoms with Gasteiger partial charge in [0.05, 0.1) is 23.4 Å². The van der Waals surface area contributed by atoms with Gasteiger partial charge in [0.2, 0.25) is 5.82 Å². The van der Waals surface area contributed by atoms with Crippen LogP contribution in [0.15, 0.2) is 47.1 Å². The number of carbonyl (C=O) groups is 1. The van der Waals surface area contributed by atoms with Gasteiger partial charge in [-0.2, -0.15) is 15.3 Å². The fourth-order valence-electron chi connectivity index (χ4n) is 3.21. The number of nitrogens with zero attached hydrogens (tertiary/aromatic N) is 5. The normalized spacial score (nSPS) is 11.5. The topological polar surface area (TPSA) is 130 Å². The summed E-state index contributed by atoms with van der Waals surface area (Å²) in [4.78, 5) is 15.2. The van der Waals surface area contributed by atoms with Gasteiger partial charge in [-0.15, -0.1) is 0 Å². The van der Waals surface area contributed by atoms with Gasteiger partial charge in [-0.1, -0.05) is 12.1 Å². The number of carboxylic acids is 1. The summed E-state index contributed by atoms with van der Waals surface area (Å²) in [6.07, 6.45) is 2.38. The molecule has 10 heteroatoms. The first-order valence-electron chi connectivity index (χ1n) is 10.2. The van der Waals surface area contributed by atoms with Gasteiger partial charge in [-0.25, -0.2) is 0 Å². The molecule has 0 saturated heterocycles. The Hall–Kier alpha value is -3.19. The zero-order valence-electron chi connectivity index (χ0n) is 18.6. The van der Waals surface area contributed by atoms with E-state index in [4.69, 9.17) is 9.26 Å². The van der Waals surface area contributed by atoms with Crippen LogP contribution >= 0.6 is 0 Å². The van der Waals surface area contributed by atoms with Crippen molar-refractivity contribution in [2.75, 3.05) is 0 Å². The van der Waals surface area contributed by atoms with E-state index in [9.17, 15) is 15.2 Å². The Balaban J connectivity index is 0.00000306. The van der Waals surface area contributed by atoms with Crippen LogP contribution in [0.25, 0.3) is 33.7 Å². The summed E-state index contributed by atoms with van der Waals surface area (Å²) in [5.41, 5.74) is 2.54. The number of nitriles is 1. The molecule has 2 heterocycles. The smallest absolute Gasteiger partial charge is 0.550 e. The Morgan fingerprint density at radius 2 is 2.06 bits per heavy atom. The van der Waals surface area contributed by atoms with Gasteiger partial charge in [0, 0.05) is 35.4 Å². The molecule has 0 aliphatic heterocycles. The molecule has 2 aromatic heterocycles. The molecule has 4 aromatic rings. The molecule has 0 fully saturated rings. The molecule has 0 saturated carbocycles. The number of benzene rings is 2. The molecule has 1 atom stereocenters.